The quantitative estimate of drug-likeness (QED) is 0.784. The smallest absolute Gasteiger partial charge is 0.245 e. The maximum absolute atomic E-state index is 12.8. The summed E-state index contributed by atoms with van der Waals surface area (Å²) in [6, 6.07) is 14.9. The zero-order valence-corrected chi connectivity index (χ0v) is 15.5. The molecule has 2 aromatic rings. The zero-order valence-electron chi connectivity index (χ0n) is 13.1. The lowest BCUT2D eigenvalue weighted by atomic mass is 10.2. The number of hydrogen-bond donors (Lipinski definition) is 0. The molecule has 0 aliphatic carbocycles. The van der Waals surface area contributed by atoms with Crippen molar-refractivity contribution in [1.29, 1.82) is 0 Å². The third-order valence-corrected chi connectivity index (χ3v) is 6.55. The number of hydrogen-bond acceptors (Lipinski definition) is 3. The van der Waals surface area contributed by atoms with Crippen LogP contribution in [0.3, 0.4) is 0 Å². The molecule has 24 heavy (non-hydrogen) atoms. The van der Waals surface area contributed by atoms with E-state index in [-0.39, 0.29) is 17.3 Å². The molecule has 5 nitrogen and oxygen atoms in total. The molecule has 2 aromatic carbocycles. The number of rotatable bonds is 3. The Morgan fingerprint density at radius 3 is 2.42 bits per heavy atom. The second-order valence-electron chi connectivity index (χ2n) is 5.57. The Balaban J connectivity index is 1.88. The lowest BCUT2D eigenvalue weighted by Crippen LogP contribution is -2.57. The maximum Gasteiger partial charge on any atom is 0.245 e. The molecule has 126 valence electrons. The maximum atomic E-state index is 12.8. The number of sulfonamides is 1. The number of halogens is 1. The van der Waals surface area contributed by atoms with E-state index < -0.39 is 16.1 Å². The molecule has 1 fully saturated rings. The SMILES string of the molecule is CC1C(=O)N(c2cccc(Br)c2)CCN1S(=O)(=O)c1ccccc1. The number of nitrogens with zero attached hydrogens (tertiary/aromatic N) is 2. The highest BCUT2D eigenvalue weighted by molar-refractivity contribution is 9.10. The van der Waals surface area contributed by atoms with Gasteiger partial charge in [0.2, 0.25) is 15.9 Å². The van der Waals surface area contributed by atoms with Gasteiger partial charge in [-0.1, -0.05) is 40.2 Å². The van der Waals surface area contributed by atoms with Crippen molar-refractivity contribution in [3.8, 4) is 0 Å². The predicted octanol–water partition coefficient (Wildman–Crippen LogP) is 2.88. The molecule has 0 N–H and O–H groups in total. The number of carbonyl (C=O) groups is 1. The van der Waals surface area contributed by atoms with Gasteiger partial charge in [-0.3, -0.25) is 4.79 Å². The molecule has 1 saturated heterocycles. The second kappa shape index (κ2) is 6.66. The first-order chi connectivity index (χ1) is 11.4. The molecule has 7 heteroatoms. The Morgan fingerprint density at radius 2 is 1.75 bits per heavy atom. The van der Waals surface area contributed by atoms with E-state index in [0.717, 1.165) is 10.2 Å². The summed E-state index contributed by atoms with van der Waals surface area (Å²) in [6.07, 6.45) is 0. The predicted molar refractivity (Wildman–Crippen MR) is 96.3 cm³/mol. The first-order valence-corrected chi connectivity index (χ1v) is 9.78. The number of amides is 1. The standard InChI is InChI=1S/C17H17BrN2O3S/c1-13-17(21)19(15-7-5-6-14(18)12-15)10-11-20(13)24(22,23)16-8-3-2-4-9-16/h2-9,12-13H,10-11H2,1H3. The summed E-state index contributed by atoms with van der Waals surface area (Å²) in [5.41, 5.74) is 0.762. The summed E-state index contributed by atoms with van der Waals surface area (Å²) in [6.45, 7) is 2.22. The molecular formula is C17H17BrN2O3S. The van der Waals surface area contributed by atoms with Crippen molar-refractivity contribution in [2.45, 2.75) is 17.9 Å². The van der Waals surface area contributed by atoms with Gasteiger partial charge in [-0.25, -0.2) is 8.42 Å². The molecule has 1 amide bonds. The largest absolute Gasteiger partial charge is 0.310 e. The van der Waals surface area contributed by atoms with Gasteiger partial charge in [-0.05, 0) is 37.3 Å². The lowest BCUT2D eigenvalue weighted by molar-refractivity contribution is -0.123. The fourth-order valence-electron chi connectivity index (χ4n) is 2.81. The van der Waals surface area contributed by atoms with E-state index in [0.29, 0.717) is 6.54 Å². The highest BCUT2D eigenvalue weighted by Gasteiger charge is 2.39. The Kier molecular flexibility index (Phi) is 4.76. The van der Waals surface area contributed by atoms with Crippen molar-refractivity contribution in [3.05, 3.63) is 59.1 Å². The zero-order chi connectivity index (χ0) is 17.3. The van der Waals surface area contributed by atoms with Crippen LogP contribution in [0.15, 0.2) is 64.0 Å². The van der Waals surface area contributed by atoms with Crippen LogP contribution in [0.2, 0.25) is 0 Å². The van der Waals surface area contributed by atoms with Crippen LogP contribution >= 0.6 is 15.9 Å². The minimum atomic E-state index is -3.68. The van der Waals surface area contributed by atoms with Crippen LogP contribution in [-0.2, 0) is 14.8 Å². The molecule has 0 bridgehead atoms. The molecule has 1 aliphatic rings. The molecule has 1 aliphatic heterocycles. The lowest BCUT2D eigenvalue weighted by Gasteiger charge is -2.38. The summed E-state index contributed by atoms with van der Waals surface area (Å²) in [7, 11) is -3.68. The Hall–Kier alpha value is -1.70. The number of piperazine rings is 1. The minimum Gasteiger partial charge on any atom is -0.310 e. The highest BCUT2D eigenvalue weighted by atomic mass is 79.9. The fraction of sp³-hybridized carbons (Fsp3) is 0.235. The Bertz CT molecular complexity index is 855. The van der Waals surface area contributed by atoms with Gasteiger partial charge in [0.1, 0.15) is 6.04 Å². The van der Waals surface area contributed by atoms with Crippen LogP contribution in [0, 0.1) is 0 Å². The Labute approximate surface area is 150 Å². The number of carbonyl (C=O) groups excluding carboxylic acids is 1. The molecule has 0 aromatic heterocycles. The third-order valence-electron chi connectivity index (χ3n) is 4.07. The molecule has 1 heterocycles. The number of benzene rings is 2. The summed E-state index contributed by atoms with van der Waals surface area (Å²) in [5, 5.41) is 0. The van der Waals surface area contributed by atoms with E-state index in [1.807, 2.05) is 24.3 Å². The van der Waals surface area contributed by atoms with Crippen LogP contribution in [-0.4, -0.2) is 37.8 Å². The van der Waals surface area contributed by atoms with Crippen LogP contribution in [0.25, 0.3) is 0 Å². The van der Waals surface area contributed by atoms with Gasteiger partial charge in [0, 0.05) is 23.2 Å². The average molecular weight is 409 g/mol. The summed E-state index contributed by atoms with van der Waals surface area (Å²) >= 11 is 3.39. The van der Waals surface area contributed by atoms with Crippen molar-refractivity contribution in [2.24, 2.45) is 0 Å². The Morgan fingerprint density at radius 1 is 1.04 bits per heavy atom. The van der Waals surface area contributed by atoms with Crippen molar-refractivity contribution >= 4 is 37.5 Å². The molecule has 0 radical (unpaired) electrons. The molecule has 3 rings (SSSR count). The highest BCUT2D eigenvalue weighted by Crippen LogP contribution is 2.27. The summed E-state index contributed by atoms with van der Waals surface area (Å²) in [5.74, 6) is -0.223. The summed E-state index contributed by atoms with van der Waals surface area (Å²) in [4.78, 5) is 14.6. The molecule has 0 saturated carbocycles. The van der Waals surface area contributed by atoms with Crippen molar-refractivity contribution < 1.29 is 13.2 Å². The van der Waals surface area contributed by atoms with E-state index in [1.165, 1.54) is 4.31 Å². The average Bonchev–Trinajstić information content (AvgIpc) is 2.58. The molecule has 1 atom stereocenters. The topological polar surface area (TPSA) is 57.7 Å². The molecule has 0 spiro atoms. The second-order valence-corrected chi connectivity index (χ2v) is 8.38. The minimum absolute atomic E-state index is 0.209. The first-order valence-electron chi connectivity index (χ1n) is 7.55. The van der Waals surface area contributed by atoms with E-state index in [1.54, 1.807) is 42.2 Å². The van der Waals surface area contributed by atoms with E-state index in [9.17, 15) is 13.2 Å². The van der Waals surface area contributed by atoms with Gasteiger partial charge in [0.25, 0.3) is 0 Å². The van der Waals surface area contributed by atoms with Crippen molar-refractivity contribution in [1.82, 2.24) is 4.31 Å². The monoisotopic (exact) mass is 408 g/mol. The van der Waals surface area contributed by atoms with E-state index in [4.69, 9.17) is 0 Å². The van der Waals surface area contributed by atoms with Crippen LogP contribution < -0.4 is 4.90 Å². The van der Waals surface area contributed by atoms with Crippen LogP contribution in [0.4, 0.5) is 5.69 Å². The molecule has 1 unspecified atom stereocenters. The molecular weight excluding hydrogens is 392 g/mol. The van der Waals surface area contributed by atoms with Gasteiger partial charge >= 0.3 is 0 Å². The summed E-state index contributed by atoms with van der Waals surface area (Å²) < 4.78 is 27.7. The number of anilines is 1. The van der Waals surface area contributed by atoms with Crippen LogP contribution in [0.5, 0.6) is 0 Å². The van der Waals surface area contributed by atoms with Gasteiger partial charge < -0.3 is 4.90 Å². The van der Waals surface area contributed by atoms with Gasteiger partial charge in [-0.15, -0.1) is 0 Å². The van der Waals surface area contributed by atoms with Crippen LogP contribution in [0.1, 0.15) is 6.92 Å². The van der Waals surface area contributed by atoms with E-state index in [2.05, 4.69) is 15.9 Å². The van der Waals surface area contributed by atoms with Gasteiger partial charge in [-0.2, -0.15) is 4.31 Å². The van der Waals surface area contributed by atoms with Gasteiger partial charge in [0.05, 0.1) is 4.90 Å². The third kappa shape index (κ3) is 3.11. The normalized spacial score (nSPS) is 19.5. The van der Waals surface area contributed by atoms with E-state index >= 15 is 0 Å². The van der Waals surface area contributed by atoms with Gasteiger partial charge in [0.15, 0.2) is 0 Å². The van der Waals surface area contributed by atoms with Crippen molar-refractivity contribution in [2.75, 3.05) is 18.0 Å². The van der Waals surface area contributed by atoms with Crippen molar-refractivity contribution in [3.63, 3.8) is 0 Å². The fourth-order valence-corrected chi connectivity index (χ4v) is 4.80. The first kappa shape index (κ1) is 17.1.